The van der Waals surface area contributed by atoms with Crippen LogP contribution < -0.4 is 5.32 Å². The number of carbonyl (C=O) groups is 2. The summed E-state index contributed by atoms with van der Waals surface area (Å²) in [6.45, 7) is 3.28. The third kappa shape index (κ3) is 3.83. The van der Waals surface area contributed by atoms with E-state index in [9.17, 15) is 18.0 Å². The zero-order valence-electron chi connectivity index (χ0n) is 13.3. The third-order valence-corrected chi connectivity index (χ3v) is 5.17. The Morgan fingerprint density at radius 3 is 2.42 bits per heavy atom. The molecule has 128 valence electrons. The van der Waals surface area contributed by atoms with E-state index >= 15 is 0 Å². The highest BCUT2D eigenvalue weighted by Crippen LogP contribution is 2.16. The molecular weight excluding hydrogens is 332 g/mol. The minimum Gasteiger partial charge on any atom is -0.481 e. The normalized spacial score (nSPS) is 12.6. The van der Waals surface area contributed by atoms with Gasteiger partial charge in [0.2, 0.25) is 0 Å². The van der Waals surface area contributed by atoms with E-state index in [2.05, 4.69) is 5.32 Å². The fourth-order valence-corrected chi connectivity index (χ4v) is 3.12. The molecule has 1 aromatic heterocycles. The largest absolute Gasteiger partial charge is 0.481 e. The molecule has 7 nitrogen and oxygen atoms in total. The summed E-state index contributed by atoms with van der Waals surface area (Å²) < 4.78 is 25.9. The molecule has 0 aliphatic carbocycles. The van der Waals surface area contributed by atoms with Crippen molar-refractivity contribution in [3.05, 3.63) is 53.9 Å². The quantitative estimate of drug-likeness (QED) is 0.821. The molecule has 0 saturated heterocycles. The lowest BCUT2D eigenvalue weighted by atomic mass is 10.2. The standard InChI is InChI=1S/C16H18N2O5S/c1-11-3-5-14(6-4-11)24(22,23)18-8-7-13(10-18)15(19)17-9-12(2)16(20)21/h3-8,10,12H,9H2,1-2H3,(H,17,19)(H,20,21). The van der Waals surface area contributed by atoms with Crippen LogP contribution in [0.2, 0.25) is 0 Å². The molecule has 2 rings (SSSR count). The predicted molar refractivity (Wildman–Crippen MR) is 87.3 cm³/mol. The first-order chi connectivity index (χ1) is 11.2. The summed E-state index contributed by atoms with van der Waals surface area (Å²) in [6.07, 6.45) is 2.49. The Morgan fingerprint density at radius 1 is 1.21 bits per heavy atom. The van der Waals surface area contributed by atoms with Gasteiger partial charge >= 0.3 is 5.97 Å². The number of carbonyl (C=O) groups excluding carboxylic acids is 1. The average Bonchev–Trinajstić information content (AvgIpc) is 3.03. The van der Waals surface area contributed by atoms with Gasteiger partial charge in [0.25, 0.3) is 15.9 Å². The summed E-state index contributed by atoms with van der Waals surface area (Å²) >= 11 is 0. The molecule has 1 unspecified atom stereocenters. The van der Waals surface area contributed by atoms with Crippen molar-refractivity contribution in [1.29, 1.82) is 0 Å². The second kappa shape index (κ2) is 6.88. The number of amides is 1. The number of carboxylic acid groups (broad SMARTS) is 1. The maximum Gasteiger partial charge on any atom is 0.308 e. The minimum atomic E-state index is -3.77. The van der Waals surface area contributed by atoms with E-state index in [1.807, 2.05) is 6.92 Å². The van der Waals surface area contributed by atoms with Crippen molar-refractivity contribution < 1.29 is 23.1 Å². The van der Waals surface area contributed by atoms with Crippen LogP contribution in [0.15, 0.2) is 47.6 Å². The average molecular weight is 350 g/mol. The van der Waals surface area contributed by atoms with Crippen LogP contribution in [0.5, 0.6) is 0 Å². The van der Waals surface area contributed by atoms with Crippen LogP contribution in [-0.4, -0.2) is 35.9 Å². The molecule has 1 heterocycles. The molecule has 2 N–H and O–H groups in total. The molecule has 1 aromatic carbocycles. The summed E-state index contributed by atoms with van der Waals surface area (Å²) in [7, 11) is -3.77. The summed E-state index contributed by atoms with van der Waals surface area (Å²) in [6, 6.07) is 7.75. The lowest BCUT2D eigenvalue weighted by Crippen LogP contribution is -2.31. The number of rotatable bonds is 6. The molecule has 1 amide bonds. The van der Waals surface area contributed by atoms with E-state index in [1.54, 1.807) is 12.1 Å². The Hall–Kier alpha value is -2.61. The molecule has 24 heavy (non-hydrogen) atoms. The molecule has 0 aliphatic rings. The highest BCUT2D eigenvalue weighted by molar-refractivity contribution is 7.90. The first-order valence-corrected chi connectivity index (χ1v) is 8.67. The molecular formula is C16H18N2O5S. The van der Waals surface area contributed by atoms with Crippen LogP contribution in [0.3, 0.4) is 0 Å². The maximum atomic E-state index is 12.5. The van der Waals surface area contributed by atoms with Crippen molar-refractivity contribution in [2.24, 2.45) is 5.92 Å². The van der Waals surface area contributed by atoms with Gasteiger partial charge in [-0.25, -0.2) is 12.4 Å². The second-order valence-corrected chi connectivity index (χ2v) is 7.34. The molecule has 0 spiro atoms. The molecule has 0 bridgehead atoms. The van der Waals surface area contributed by atoms with Crippen molar-refractivity contribution in [3.63, 3.8) is 0 Å². The summed E-state index contributed by atoms with van der Waals surface area (Å²) in [4.78, 5) is 22.8. The maximum absolute atomic E-state index is 12.5. The molecule has 0 radical (unpaired) electrons. The van der Waals surface area contributed by atoms with Crippen molar-refractivity contribution in [2.45, 2.75) is 18.7 Å². The number of benzene rings is 1. The monoisotopic (exact) mass is 350 g/mol. The number of hydrogen-bond acceptors (Lipinski definition) is 4. The van der Waals surface area contributed by atoms with Gasteiger partial charge in [0.05, 0.1) is 16.4 Å². The zero-order chi connectivity index (χ0) is 17.9. The molecule has 8 heteroatoms. The first-order valence-electron chi connectivity index (χ1n) is 7.23. The van der Waals surface area contributed by atoms with Gasteiger partial charge in [-0.3, -0.25) is 9.59 Å². The van der Waals surface area contributed by atoms with Crippen molar-refractivity contribution in [2.75, 3.05) is 6.54 Å². The summed E-state index contributed by atoms with van der Waals surface area (Å²) in [5.41, 5.74) is 1.08. The van der Waals surface area contributed by atoms with E-state index in [4.69, 9.17) is 5.11 Å². The van der Waals surface area contributed by atoms with Gasteiger partial charge in [-0.1, -0.05) is 24.6 Å². The number of aliphatic carboxylic acids is 1. The van der Waals surface area contributed by atoms with Crippen LogP contribution in [-0.2, 0) is 14.8 Å². The van der Waals surface area contributed by atoms with Gasteiger partial charge in [-0.05, 0) is 25.1 Å². The van der Waals surface area contributed by atoms with Crippen LogP contribution >= 0.6 is 0 Å². The lowest BCUT2D eigenvalue weighted by Gasteiger charge is -2.07. The Balaban J connectivity index is 2.16. The van der Waals surface area contributed by atoms with Gasteiger partial charge in [0.15, 0.2) is 0 Å². The van der Waals surface area contributed by atoms with Crippen molar-refractivity contribution >= 4 is 21.9 Å². The fourth-order valence-electron chi connectivity index (χ4n) is 1.93. The molecule has 0 fully saturated rings. The van der Waals surface area contributed by atoms with E-state index in [1.165, 1.54) is 37.5 Å². The van der Waals surface area contributed by atoms with Gasteiger partial charge in [0, 0.05) is 18.9 Å². The van der Waals surface area contributed by atoms with Crippen LogP contribution in [0.25, 0.3) is 0 Å². The number of carboxylic acids is 1. The number of hydrogen-bond donors (Lipinski definition) is 2. The Bertz CT molecular complexity index is 853. The van der Waals surface area contributed by atoms with Crippen molar-refractivity contribution in [1.82, 2.24) is 9.29 Å². The van der Waals surface area contributed by atoms with E-state index < -0.39 is 27.8 Å². The van der Waals surface area contributed by atoms with E-state index in [0.29, 0.717) is 0 Å². The molecule has 0 aliphatic heterocycles. The third-order valence-electron chi connectivity index (χ3n) is 3.52. The fraction of sp³-hybridized carbons (Fsp3) is 0.250. The van der Waals surface area contributed by atoms with Crippen LogP contribution in [0, 0.1) is 12.8 Å². The number of aromatic nitrogens is 1. The lowest BCUT2D eigenvalue weighted by molar-refractivity contribution is -0.140. The number of aryl methyl sites for hydroxylation is 1. The summed E-state index contributed by atoms with van der Waals surface area (Å²) in [5.74, 6) is -2.27. The predicted octanol–water partition coefficient (Wildman–Crippen LogP) is 1.48. The SMILES string of the molecule is Cc1ccc(S(=O)(=O)n2ccc(C(=O)NCC(C)C(=O)O)c2)cc1. The van der Waals surface area contributed by atoms with E-state index in [0.717, 1.165) is 9.54 Å². The molecule has 0 saturated carbocycles. The zero-order valence-corrected chi connectivity index (χ0v) is 14.1. The van der Waals surface area contributed by atoms with Gasteiger partial charge < -0.3 is 10.4 Å². The Morgan fingerprint density at radius 2 is 1.83 bits per heavy atom. The van der Waals surface area contributed by atoms with Crippen LogP contribution in [0.1, 0.15) is 22.8 Å². The number of nitrogens with one attached hydrogen (secondary N) is 1. The van der Waals surface area contributed by atoms with Gasteiger partial charge in [-0.2, -0.15) is 0 Å². The van der Waals surface area contributed by atoms with Crippen LogP contribution in [0.4, 0.5) is 0 Å². The topological polar surface area (TPSA) is 105 Å². The minimum absolute atomic E-state index is 0.0376. The smallest absolute Gasteiger partial charge is 0.308 e. The number of nitrogens with zero attached hydrogens (tertiary/aromatic N) is 1. The molecule has 1 atom stereocenters. The highest BCUT2D eigenvalue weighted by Gasteiger charge is 2.19. The Labute approximate surface area is 140 Å². The van der Waals surface area contributed by atoms with Gasteiger partial charge in [0.1, 0.15) is 0 Å². The Kier molecular flexibility index (Phi) is 5.08. The second-order valence-electron chi connectivity index (χ2n) is 5.50. The molecule has 2 aromatic rings. The first kappa shape index (κ1) is 17.7. The highest BCUT2D eigenvalue weighted by atomic mass is 32.2. The summed E-state index contributed by atoms with van der Waals surface area (Å²) in [5, 5.41) is 11.3. The van der Waals surface area contributed by atoms with Gasteiger partial charge in [-0.15, -0.1) is 0 Å². The van der Waals surface area contributed by atoms with Crippen molar-refractivity contribution in [3.8, 4) is 0 Å². The van der Waals surface area contributed by atoms with E-state index in [-0.39, 0.29) is 17.0 Å².